The lowest BCUT2D eigenvalue weighted by Gasteiger charge is -2.21. The quantitative estimate of drug-likeness (QED) is 0.767. The summed E-state index contributed by atoms with van der Waals surface area (Å²) in [6.07, 6.45) is 3.79. The van der Waals surface area contributed by atoms with E-state index in [9.17, 15) is 9.59 Å². The lowest BCUT2D eigenvalue weighted by Crippen LogP contribution is -2.37. The van der Waals surface area contributed by atoms with Crippen molar-refractivity contribution in [3.8, 4) is 0 Å². The van der Waals surface area contributed by atoms with Gasteiger partial charge in [-0.2, -0.15) is 0 Å². The van der Waals surface area contributed by atoms with Crippen molar-refractivity contribution < 1.29 is 9.59 Å². The first-order valence-electron chi connectivity index (χ1n) is 5.59. The number of aromatic amines is 1. The minimum atomic E-state index is -0.636. The molecule has 0 spiro atoms. The maximum atomic E-state index is 11.9. The van der Waals surface area contributed by atoms with Gasteiger partial charge < -0.3 is 10.7 Å². The molecule has 1 aromatic heterocycles. The van der Waals surface area contributed by atoms with Crippen LogP contribution in [0.15, 0.2) is 12.5 Å². The van der Waals surface area contributed by atoms with Crippen LogP contribution < -0.4 is 5.73 Å². The van der Waals surface area contributed by atoms with Gasteiger partial charge in [-0.25, -0.2) is 4.98 Å². The number of hydrogen-bond donors (Lipinski definition) is 2. The van der Waals surface area contributed by atoms with Crippen LogP contribution in [0.5, 0.6) is 0 Å². The summed E-state index contributed by atoms with van der Waals surface area (Å²) >= 11 is 0. The Morgan fingerprint density at radius 1 is 1.53 bits per heavy atom. The molecule has 94 valence electrons. The SMILES string of the molecule is CC(=O)C(C)(C)CC(=O)[C@@H](N)Cc1cnc[nH]1. The van der Waals surface area contributed by atoms with Gasteiger partial charge in [0, 0.05) is 30.1 Å². The zero-order valence-corrected chi connectivity index (χ0v) is 10.5. The Kier molecular flexibility index (Phi) is 4.17. The van der Waals surface area contributed by atoms with Gasteiger partial charge in [0.15, 0.2) is 5.78 Å². The zero-order valence-electron chi connectivity index (χ0n) is 10.5. The van der Waals surface area contributed by atoms with Crippen molar-refractivity contribution in [3.05, 3.63) is 18.2 Å². The fourth-order valence-corrected chi connectivity index (χ4v) is 1.44. The Labute approximate surface area is 101 Å². The molecule has 0 aliphatic rings. The number of nitrogens with two attached hydrogens (primary N) is 1. The second kappa shape index (κ2) is 5.23. The van der Waals surface area contributed by atoms with E-state index in [1.165, 1.54) is 6.92 Å². The van der Waals surface area contributed by atoms with Crippen LogP contribution in [0.25, 0.3) is 0 Å². The highest BCUT2D eigenvalue weighted by Gasteiger charge is 2.29. The normalized spacial score (nSPS) is 13.4. The average Bonchev–Trinajstić information content (AvgIpc) is 2.69. The molecule has 1 heterocycles. The van der Waals surface area contributed by atoms with Gasteiger partial charge in [0.2, 0.25) is 0 Å². The second-order valence-corrected chi connectivity index (χ2v) is 4.97. The van der Waals surface area contributed by atoms with E-state index in [1.54, 1.807) is 26.4 Å². The monoisotopic (exact) mass is 237 g/mol. The molecule has 1 rings (SSSR count). The van der Waals surface area contributed by atoms with E-state index in [1.807, 2.05) is 0 Å². The number of imidazole rings is 1. The molecule has 0 aliphatic heterocycles. The molecule has 3 N–H and O–H groups in total. The van der Waals surface area contributed by atoms with Gasteiger partial charge >= 0.3 is 0 Å². The van der Waals surface area contributed by atoms with Crippen molar-refractivity contribution in [3.63, 3.8) is 0 Å². The van der Waals surface area contributed by atoms with Crippen molar-refractivity contribution in [2.24, 2.45) is 11.1 Å². The van der Waals surface area contributed by atoms with Crippen molar-refractivity contribution in [1.82, 2.24) is 9.97 Å². The summed E-state index contributed by atoms with van der Waals surface area (Å²) in [5.41, 5.74) is 6.00. The van der Waals surface area contributed by atoms with E-state index in [0.29, 0.717) is 6.42 Å². The van der Waals surface area contributed by atoms with E-state index in [0.717, 1.165) is 5.69 Å². The van der Waals surface area contributed by atoms with E-state index < -0.39 is 11.5 Å². The van der Waals surface area contributed by atoms with E-state index >= 15 is 0 Å². The third-order valence-electron chi connectivity index (χ3n) is 2.98. The fraction of sp³-hybridized carbons (Fsp3) is 0.583. The molecule has 0 aliphatic carbocycles. The molecule has 0 radical (unpaired) electrons. The largest absolute Gasteiger partial charge is 0.348 e. The van der Waals surface area contributed by atoms with Crippen LogP contribution in [0, 0.1) is 5.41 Å². The Balaban J connectivity index is 2.56. The molecule has 0 fully saturated rings. The highest BCUT2D eigenvalue weighted by atomic mass is 16.1. The molecule has 0 amide bonds. The van der Waals surface area contributed by atoms with Crippen LogP contribution in [0.1, 0.15) is 32.9 Å². The highest BCUT2D eigenvalue weighted by Crippen LogP contribution is 2.22. The molecule has 1 atom stereocenters. The topological polar surface area (TPSA) is 88.8 Å². The van der Waals surface area contributed by atoms with Crippen molar-refractivity contribution >= 4 is 11.6 Å². The summed E-state index contributed by atoms with van der Waals surface area (Å²) < 4.78 is 0. The van der Waals surface area contributed by atoms with Crippen LogP contribution >= 0.6 is 0 Å². The summed E-state index contributed by atoms with van der Waals surface area (Å²) in [5.74, 6) is -0.0978. The average molecular weight is 237 g/mol. The molecule has 0 saturated carbocycles. The maximum Gasteiger partial charge on any atom is 0.150 e. The molecule has 0 bridgehead atoms. The summed E-state index contributed by atoms with van der Waals surface area (Å²) in [6.45, 7) is 5.01. The Hall–Kier alpha value is -1.49. The highest BCUT2D eigenvalue weighted by molar-refractivity contribution is 5.91. The van der Waals surface area contributed by atoms with E-state index in [-0.39, 0.29) is 18.0 Å². The molecule has 5 heteroatoms. The molecular weight excluding hydrogens is 218 g/mol. The van der Waals surface area contributed by atoms with Gasteiger partial charge in [0.05, 0.1) is 12.4 Å². The smallest absolute Gasteiger partial charge is 0.150 e. The van der Waals surface area contributed by atoms with Gasteiger partial charge in [-0.05, 0) is 6.92 Å². The second-order valence-electron chi connectivity index (χ2n) is 4.97. The van der Waals surface area contributed by atoms with Gasteiger partial charge in [0.1, 0.15) is 5.78 Å². The predicted molar refractivity (Wildman–Crippen MR) is 64.4 cm³/mol. The molecule has 0 aromatic carbocycles. The number of rotatable bonds is 6. The predicted octanol–water partition coefficient (Wildman–Crippen LogP) is 0.854. The standard InChI is InChI=1S/C12H19N3O2/c1-8(16)12(2,3)5-11(17)10(13)4-9-6-14-7-15-9/h6-7,10H,4-5,13H2,1-3H3,(H,14,15)/t10-/m0/s1. The first-order valence-corrected chi connectivity index (χ1v) is 5.59. The lowest BCUT2D eigenvalue weighted by atomic mass is 9.82. The number of ketones is 2. The Bertz CT molecular complexity index is 396. The molecule has 0 unspecified atom stereocenters. The number of Topliss-reactive ketones (excluding diaryl/α,β-unsaturated/α-hetero) is 2. The molecule has 0 saturated heterocycles. The van der Waals surface area contributed by atoms with Gasteiger partial charge in [-0.3, -0.25) is 9.59 Å². The van der Waals surface area contributed by atoms with Gasteiger partial charge in [-0.1, -0.05) is 13.8 Å². The summed E-state index contributed by atoms with van der Waals surface area (Å²) in [5, 5.41) is 0. The molecule has 1 aromatic rings. The van der Waals surface area contributed by atoms with Crippen LogP contribution in [0.2, 0.25) is 0 Å². The number of nitrogens with zero attached hydrogens (tertiary/aromatic N) is 1. The molecular formula is C12H19N3O2. The van der Waals surface area contributed by atoms with E-state index in [2.05, 4.69) is 9.97 Å². The number of aromatic nitrogens is 2. The third kappa shape index (κ3) is 3.78. The molecule has 17 heavy (non-hydrogen) atoms. The summed E-state index contributed by atoms with van der Waals surface area (Å²) in [6, 6.07) is -0.589. The van der Waals surface area contributed by atoms with Crippen molar-refractivity contribution in [2.75, 3.05) is 0 Å². The van der Waals surface area contributed by atoms with Crippen LogP contribution in [0.3, 0.4) is 0 Å². The first-order chi connectivity index (χ1) is 7.83. The minimum absolute atomic E-state index is 0.000379. The number of carbonyl (C=O) groups is 2. The fourth-order valence-electron chi connectivity index (χ4n) is 1.44. The van der Waals surface area contributed by atoms with E-state index in [4.69, 9.17) is 5.73 Å². The zero-order chi connectivity index (χ0) is 13.1. The summed E-state index contributed by atoms with van der Waals surface area (Å²) in [4.78, 5) is 30.0. The Morgan fingerprint density at radius 3 is 2.65 bits per heavy atom. The van der Waals surface area contributed by atoms with Crippen LogP contribution in [-0.4, -0.2) is 27.6 Å². The number of H-pyrrole nitrogens is 1. The van der Waals surface area contributed by atoms with Gasteiger partial charge in [-0.15, -0.1) is 0 Å². The number of carbonyl (C=O) groups excluding carboxylic acids is 2. The molecule has 5 nitrogen and oxygen atoms in total. The van der Waals surface area contributed by atoms with Crippen molar-refractivity contribution in [2.45, 2.75) is 39.7 Å². The lowest BCUT2D eigenvalue weighted by molar-refractivity contribution is -0.131. The number of hydrogen-bond acceptors (Lipinski definition) is 4. The Morgan fingerprint density at radius 2 is 2.18 bits per heavy atom. The first kappa shape index (κ1) is 13.6. The third-order valence-corrected chi connectivity index (χ3v) is 2.98. The summed E-state index contributed by atoms with van der Waals surface area (Å²) in [7, 11) is 0. The van der Waals surface area contributed by atoms with Crippen LogP contribution in [0.4, 0.5) is 0 Å². The van der Waals surface area contributed by atoms with Crippen LogP contribution in [-0.2, 0) is 16.0 Å². The van der Waals surface area contributed by atoms with Crippen molar-refractivity contribution in [1.29, 1.82) is 0 Å². The minimum Gasteiger partial charge on any atom is -0.348 e. The van der Waals surface area contributed by atoms with Gasteiger partial charge in [0.25, 0.3) is 0 Å². The number of nitrogens with one attached hydrogen (secondary N) is 1. The maximum absolute atomic E-state index is 11.9.